The molecular weight excluding hydrogens is 345 g/mol. The maximum Gasteiger partial charge on any atom is 0.180 e. The molecule has 0 bridgehead atoms. The van der Waals surface area contributed by atoms with Gasteiger partial charge in [-0.15, -0.1) is 0 Å². The van der Waals surface area contributed by atoms with Crippen LogP contribution in [0.25, 0.3) is 22.5 Å². The van der Waals surface area contributed by atoms with Gasteiger partial charge in [-0.3, -0.25) is 9.20 Å². The van der Waals surface area contributed by atoms with E-state index in [4.69, 9.17) is 5.73 Å². The lowest BCUT2D eigenvalue weighted by Crippen LogP contribution is -2.12. The summed E-state index contributed by atoms with van der Waals surface area (Å²) in [5.74, 6) is -0.130. The lowest BCUT2D eigenvalue weighted by atomic mass is 10.0. The molecule has 2 N–H and O–H groups in total. The Morgan fingerprint density at radius 1 is 1.41 bits per heavy atom. The highest BCUT2D eigenvalue weighted by atomic mass is 19.1. The third-order valence-corrected chi connectivity index (χ3v) is 4.15. The molecule has 0 saturated heterocycles. The molecule has 7 heteroatoms. The smallest absolute Gasteiger partial charge is 0.180 e. The number of anilines is 1. The van der Waals surface area contributed by atoms with Crippen LogP contribution in [0.5, 0.6) is 0 Å². The molecule has 0 saturated carbocycles. The SMILES string of the molecule is CCN(C)/C=C(\C=C/C=O)c1c(-c2cccc(F)c2)nc(N)c2nccn12. The van der Waals surface area contributed by atoms with E-state index in [0.29, 0.717) is 28.9 Å². The molecule has 1 aromatic carbocycles. The number of benzene rings is 1. The number of halogens is 1. The Kier molecular flexibility index (Phi) is 5.30. The predicted octanol–water partition coefficient (Wildman–Crippen LogP) is 3.17. The molecule has 3 aromatic rings. The number of hydrogen-bond donors (Lipinski definition) is 1. The largest absolute Gasteiger partial charge is 0.381 e. The van der Waals surface area contributed by atoms with E-state index in [2.05, 4.69) is 9.97 Å². The number of aromatic nitrogens is 3. The van der Waals surface area contributed by atoms with Crippen molar-refractivity contribution in [3.05, 3.63) is 66.5 Å². The van der Waals surface area contributed by atoms with Crippen molar-refractivity contribution in [1.82, 2.24) is 19.3 Å². The number of nitrogen functional groups attached to an aromatic ring is 1. The minimum absolute atomic E-state index is 0.241. The number of nitrogens with two attached hydrogens (primary N) is 1. The lowest BCUT2D eigenvalue weighted by Gasteiger charge is -2.17. The Balaban J connectivity index is 2.37. The number of imidazole rings is 1. The number of hydrogen-bond acceptors (Lipinski definition) is 5. The standard InChI is InChI=1S/C20H20FN5O/c1-3-25(2)13-15(7-5-11-27)18-17(14-6-4-8-16(21)12-14)24-19(22)20-23-9-10-26(18)20/h4-13H,3H2,1-2H3,(H2,22,24)/b7-5-,15-13+. The van der Waals surface area contributed by atoms with E-state index in [9.17, 15) is 9.18 Å². The van der Waals surface area contributed by atoms with Crippen LogP contribution in [-0.4, -0.2) is 39.1 Å². The molecule has 3 rings (SSSR count). The Morgan fingerprint density at radius 2 is 2.22 bits per heavy atom. The van der Waals surface area contributed by atoms with Gasteiger partial charge in [0.2, 0.25) is 0 Å². The second-order valence-electron chi connectivity index (χ2n) is 5.98. The van der Waals surface area contributed by atoms with Gasteiger partial charge in [-0.1, -0.05) is 12.1 Å². The van der Waals surface area contributed by atoms with Gasteiger partial charge in [0.15, 0.2) is 11.5 Å². The van der Waals surface area contributed by atoms with Crippen molar-refractivity contribution in [2.75, 3.05) is 19.3 Å². The maximum absolute atomic E-state index is 13.8. The van der Waals surface area contributed by atoms with Gasteiger partial charge < -0.3 is 10.6 Å². The number of fused-ring (bicyclic) bond motifs is 1. The molecule has 0 fully saturated rings. The summed E-state index contributed by atoms with van der Waals surface area (Å²) < 4.78 is 15.6. The van der Waals surface area contributed by atoms with E-state index in [1.807, 2.05) is 25.1 Å². The summed E-state index contributed by atoms with van der Waals surface area (Å²) in [6, 6.07) is 6.16. The van der Waals surface area contributed by atoms with Crippen molar-refractivity contribution in [1.29, 1.82) is 0 Å². The second kappa shape index (κ2) is 7.82. The minimum atomic E-state index is -0.371. The summed E-state index contributed by atoms with van der Waals surface area (Å²) in [5, 5.41) is 0. The first-order valence-corrected chi connectivity index (χ1v) is 8.48. The number of rotatable bonds is 6. The predicted molar refractivity (Wildman–Crippen MR) is 104 cm³/mol. The monoisotopic (exact) mass is 365 g/mol. The molecule has 0 aliphatic carbocycles. The topological polar surface area (TPSA) is 76.5 Å². The van der Waals surface area contributed by atoms with E-state index in [1.54, 1.807) is 35.0 Å². The summed E-state index contributed by atoms with van der Waals surface area (Å²) in [7, 11) is 1.92. The Morgan fingerprint density at radius 3 is 2.93 bits per heavy atom. The fourth-order valence-corrected chi connectivity index (χ4v) is 2.78. The first-order valence-electron chi connectivity index (χ1n) is 8.48. The Hall–Kier alpha value is -3.48. The maximum atomic E-state index is 13.8. The van der Waals surface area contributed by atoms with Gasteiger partial charge >= 0.3 is 0 Å². The molecule has 2 heterocycles. The van der Waals surface area contributed by atoms with Gasteiger partial charge in [0.25, 0.3) is 0 Å². The average molecular weight is 365 g/mol. The molecule has 0 atom stereocenters. The third-order valence-electron chi connectivity index (χ3n) is 4.15. The lowest BCUT2D eigenvalue weighted by molar-refractivity contribution is -0.104. The summed E-state index contributed by atoms with van der Waals surface area (Å²) in [4.78, 5) is 21.7. The van der Waals surface area contributed by atoms with Crippen molar-refractivity contribution in [3.8, 4) is 11.3 Å². The molecule has 0 aliphatic heterocycles. The number of nitrogens with zero attached hydrogens (tertiary/aromatic N) is 4. The zero-order chi connectivity index (χ0) is 19.4. The normalized spacial score (nSPS) is 12.0. The van der Waals surface area contributed by atoms with Gasteiger partial charge in [-0.2, -0.15) is 0 Å². The first-order chi connectivity index (χ1) is 13.0. The summed E-state index contributed by atoms with van der Waals surface area (Å²) >= 11 is 0. The van der Waals surface area contributed by atoms with Crippen molar-refractivity contribution < 1.29 is 9.18 Å². The van der Waals surface area contributed by atoms with E-state index in [0.717, 1.165) is 12.1 Å². The van der Waals surface area contributed by atoms with Crippen LogP contribution in [0.4, 0.5) is 10.2 Å². The van der Waals surface area contributed by atoms with Crippen LogP contribution in [0.1, 0.15) is 12.6 Å². The Labute approximate surface area is 156 Å². The van der Waals surface area contributed by atoms with Gasteiger partial charge in [-0.25, -0.2) is 14.4 Å². The van der Waals surface area contributed by atoms with Crippen LogP contribution < -0.4 is 5.73 Å². The average Bonchev–Trinajstić information content (AvgIpc) is 3.15. The van der Waals surface area contributed by atoms with E-state index in [1.165, 1.54) is 18.2 Å². The fourth-order valence-electron chi connectivity index (χ4n) is 2.78. The molecule has 6 nitrogen and oxygen atoms in total. The first kappa shape index (κ1) is 18.3. The second-order valence-corrected chi connectivity index (χ2v) is 5.98. The van der Waals surface area contributed by atoms with E-state index >= 15 is 0 Å². The number of carbonyl (C=O) groups is 1. The van der Waals surface area contributed by atoms with Gasteiger partial charge in [-0.05, 0) is 31.2 Å². The van der Waals surface area contributed by atoms with Gasteiger partial charge in [0.05, 0.1) is 11.4 Å². The summed E-state index contributed by atoms with van der Waals surface area (Å²) in [6.07, 6.45) is 9.09. The van der Waals surface area contributed by atoms with Gasteiger partial charge in [0.1, 0.15) is 12.1 Å². The summed E-state index contributed by atoms with van der Waals surface area (Å²) in [5.41, 5.74) is 9.05. The number of allylic oxidation sites excluding steroid dienone is 3. The van der Waals surface area contributed by atoms with Gasteiger partial charge in [0, 0.05) is 43.3 Å². The molecule has 0 radical (unpaired) electrons. The minimum Gasteiger partial charge on any atom is -0.381 e. The van der Waals surface area contributed by atoms with Crippen LogP contribution in [0.15, 0.2) is 55.0 Å². The highest BCUT2D eigenvalue weighted by Gasteiger charge is 2.18. The molecule has 27 heavy (non-hydrogen) atoms. The zero-order valence-corrected chi connectivity index (χ0v) is 15.1. The molecule has 2 aromatic heterocycles. The molecule has 0 amide bonds. The summed E-state index contributed by atoms with van der Waals surface area (Å²) in [6.45, 7) is 2.78. The van der Waals surface area contributed by atoms with Crippen molar-refractivity contribution in [3.63, 3.8) is 0 Å². The van der Waals surface area contributed by atoms with Crippen LogP contribution in [0.3, 0.4) is 0 Å². The molecule has 0 unspecified atom stereocenters. The zero-order valence-electron chi connectivity index (χ0n) is 15.1. The van der Waals surface area contributed by atoms with Crippen molar-refractivity contribution >= 4 is 23.3 Å². The molecular formula is C20H20FN5O. The van der Waals surface area contributed by atoms with Crippen LogP contribution in [0.2, 0.25) is 0 Å². The van der Waals surface area contributed by atoms with Crippen LogP contribution in [0, 0.1) is 5.82 Å². The number of aldehydes is 1. The van der Waals surface area contributed by atoms with E-state index in [-0.39, 0.29) is 11.6 Å². The third kappa shape index (κ3) is 3.72. The highest BCUT2D eigenvalue weighted by molar-refractivity contribution is 5.86. The van der Waals surface area contributed by atoms with Crippen LogP contribution >= 0.6 is 0 Å². The highest BCUT2D eigenvalue weighted by Crippen LogP contribution is 2.31. The van der Waals surface area contributed by atoms with Crippen molar-refractivity contribution in [2.24, 2.45) is 0 Å². The van der Waals surface area contributed by atoms with E-state index < -0.39 is 0 Å². The Bertz CT molecular complexity index is 1040. The number of carbonyl (C=O) groups excluding carboxylic acids is 1. The van der Waals surface area contributed by atoms with Crippen molar-refractivity contribution in [2.45, 2.75) is 6.92 Å². The quantitative estimate of drug-likeness (QED) is 0.412. The molecule has 0 spiro atoms. The molecule has 138 valence electrons. The molecule has 0 aliphatic rings. The van der Waals surface area contributed by atoms with Crippen LogP contribution in [-0.2, 0) is 4.79 Å². The fraction of sp³-hybridized carbons (Fsp3) is 0.150.